The summed E-state index contributed by atoms with van der Waals surface area (Å²) in [6, 6.07) is 7.35. The number of thioether (sulfide) groups is 1. The van der Waals surface area contributed by atoms with Gasteiger partial charge < -0.3 is 20.2 Å². The van der Waals surface area contributed by atoms with Crippen molar-refractivity contribution in [2.75, 3.05) is 49.1 Å². The number of aromatic hydroxyl groups is 1. The second-order valence-corrected chi connectivity index (χ2v) is 6.53. The van der Waals surface area contributed by atoms with Gasteiger partial charge in [-0.15, -0.1) is 0 Å². The molecule has 0 aromatic heterocycles. The van der Waals surface area contributed by atoms with Gasteiger partial charge in [0.1, 0.15) is 5.75 Å². The zero-order valence-electron chi connectivity index (χ0n) is 12.0. The zero-order valence-corrected chi connectivity index (χ0v) is 12.8. The Bertz CT molecular complexity index is 497. The van der Waals surface area contributed by atoms with Crippen molar-refractivity contribution in [2.24, 2.45) is 0 Å². The number of carbonyl (C=O) groups is 1. The first kappa shape index (κ1) is 14.5. The van der Waals surface area contributed by atoms with E-state index >= 15 is 0 Å². The van der Waals surface area contributed by atoms with E-state index in [1.54, 1.807) is 6.07 Å². The molecule has 1 atom stereocenters. The number of hydrogen-bond donors (Lipinski definition) is 2. The van der Waals surface area contributed by atoms with Crippen molar-refractivity contribution >= 4 is 23.4 Å². The Morgan fingerprint density at radius 3 is 2.67 bits per heavy atom. The first-order chi connectivity index (χ1) is 10.3. The summed E-state index contributed by atoms with van der Waals surface area (Å²) in [6.07, 6.45) is 0. The predicted molar refractivity (Wildman–Crippen MR) is 86.0 cm³/mol. The molecule has 1 aromatic rings. The van der Waals surface area contributed by atoms with Gasteiger partial charge in [0.25, 0.3) is 0 Å². The number of hydrogen-bond acceptors (Lipinski definition) is 5. The maximum atomic E-state index is 12.4. The van der Waals surface area contributed by atoms with Crippen LogP contribution in [0.15, 0.2) is 24.3 Å². The van der Waals surface area contributed by atoms with Crippen LogP contribution >= 0.6 is 11.8 Å². The molecule has 5 nitrogen and oxygen atoms in total. The molecule has 0 radical (unpaired) electrons. The Kier molecular flexibility index (Phi) is 4.55. The topological polar surface area (TPSA) is 55.8 Å². The molecule has 1 aromatic carbocycles. The molecule has 2 aliphatic rings. The fourth-order valence-electron chi connectivity index (χ4n) is 2.84. The van der Waals surface area contributed by atoms with Gasteiger partial charge in [0.2, 0.25) is 5.91 Å². The highest BCUT2D eigenvalue weighted by Gasteiger charge is 2.28. The number of para-hydroxylation sites is 2. The van der Waals surface area contributed by atoms with Gasteiger partial charge in [-0.1, -0.05) is 12.1 Å². The van der Waals surface area contributed by atoms with E-state index in [0.29, 0.717) is 5.75 Å². The number of phenols is 1. The predicted octanol–water partition coefficient (Wildman–Crippen LogP) is 0.746. The van der Waals surface area contributed by atoms with Crippen LogP contribution in [0.4, 0.5) is 5.69 Å². The van der Waals surface area contributed by atoms with Crippen LogP contribution in [0, 0.1) is 0 Å². The fraction of sp³-hybridized carbons (Fsp3) is 0.533. The normalized spacial score (nSPS) is 23.1. The number of amides is 1. The van der Waals surface area contributed by atoms with Crippen molar-refractivity contribution in [3.8, 4) is 5.75 Å². The SMILES string of the molecule is O=C(C1CSCCN1)N1CCN(c2ccccc2O)CC1. The number of benzene rings is 1. The highest BCUT2D eigenvalue weighted by atomic mass is 32.2. The van der Waals surface area contributed by atoms with E-state index in [0.717, 1.165) is 49.9 Å². The number of piperazine rings is 1. The molecule has 2 fully saturated rings. The summed E-state index contributed by atoms with van der Waals surface area (Å²) >= 11 is 1.84. The van der Waals surface area contributed by atoms with Crippen LogP contribution in [0.1, 0.15) is 0 Å². The Morgan fingerprint density at radius 1 is 1.24 bits per heavy atom. The van der Waals surface area contributed by atoms with Crippen molar-refractivity contribution in [1.29, 1.82) is 0 Å². The number of nitrogens with zero attached hydrogens (tertiary/aromatic N) is 2. The van der Waals surface area contributed by atoms with E-state index in [-0.39, 0.29) is 11.9 Å². The summed E-state index contributed by atoms with van der Waals surface area (Å²) in [5.41, 5.74) is 0.857. The van der Waals surface area contributed by atoms with Crippen molar-refractivity contribution in [1.82, 2.24) is 10.2 Å². The van der Waals surface area contributed by atoms with Crippen molar-refractivity contribution in [2.45, 2.75) is 6.04 Å². The lowest BCUT2D eigenvalue weighted by molar-refractivity contribution is -0.133. The number of phenolic OH excluding ortho intramolecular Hbond substituents is 1. The summed E-state index contributed by atoms with van der Waals surface area (Å²) < 4.78 is 0. The lowest BCUT2D eigenvalue weighted by Gasteiger charge is -2.38. The smallest absolute Gasteiger partial charge is 0.240 e. The first-order valence-electron chi connectivity index (χ1n) is 7.38. The number of nitrogens with one attached hydrogen (secondary N) is 1. The monoisotopic (exact) mass is 307 g/mol. The molecule has 0 spiro atoms. The second kappa shape index (κ2) is 6.58. The number of rotatable bonds is 2. The van der Waals surface area contributed by atoms with Gasteiger partial charge in [0.05, 0.1) is 11.7 Å². The van der Waals surface area contributed by atoms with Crippen LogP contribution in [0.2, 0.25) is 0 Å². The molecule has 0 bridgehead atoms. The largest absolute Gasteiger partial charge is 0.506 e. The van der Waals surface area contributed by atoms with Crippen LogP contribution in [0.3, 0.4) is 0 Å². The van der Waals surface area contributed by atoms with Gasteiger partial charge in [-0.2, -0.15) is 11.8 Å². The van der Waals surface area contributed by atoms with Gasteiger partial charge >= 0.3 is 0 Å². The molecule has 1 unspecified atom stereocenters. The standard InChI is InChI=1S/C15H21N3O2S/c19-14-4-2-1-3-13(14)17-6-8-18(9-7-17)15(20)12-11-21-10-5-16-12/h1-4,12,16,19H,5-11H2. The third kappa shape index (κ3) is 3.27. The number of anilines is 1. The third-order valence-corrected chi connectivity index (χ3v) is 5.10. The second-order valence-electron chi connectivity index (χ2n) is 5.38. The van der Waals surface area contributed by atoms with Crippen LogP contribution in [0.5, 0.6) is 5.75 Å². The van der Waals surface area contributed by atoms with Gasteiger partial charge in [0.15, 0.2) is 0 Å². The molecule has 21 heavy (non-hydrogen) atoms. The Hall–Kier alpha value is -1.40. The molecule has 6 heteroatoms. The molecule has 0 saturated carbocycles. The van der Waals surface area contributed by atoms with Crippen LogP contribution in [-0.2, 0) is 4.79 Å². The lowest BCUT2D eigenvalue weighted by atomic mass is 10.2. The van der Waals surface area contributed by atoms with Crippen LogP contribution in [-0.4, -0.2) is 66.2 Å². The highest BCUT2D eigenvalue weighted by Crippen LogP contribution is 2.27. The Morgan fingerprint density at radius 2 is 2.00 bits per heavy atom. The summed E-state index contributed by atoms with van der Waals surface area (Å²) in [5.74, 6) is 2.49. The van der Waals surface area contributed by atoms with E-state index in [2.05, 4.69) is 10.2 Å². The van der Waals surface area contributed by atoms with Gasteiger partial charge in [-0.05, 0) is 12.1 Å². The summed E-state index contributed by atoms with van der Waals surface area (Å²) in [5, 5.41) is 13.2. The summed E-state index contributed by atoms with van der Waals surface area (Å²) in [4.78, 5) is 16.5. The van der Waals surface area contributed by atoms with E-state index < -0.39 is 0 Å². The van der Waals surface area contributed by atoms with Crippen LogP contribution in [0.25, 0.3) is 0 Å². The van der Waals surface area contributed by atoms with Crippen molar-refractivity contribution < 1.29 is 9.90 Å². The van der Waals surface area contributed by atoms with Crippen molar-refractivity contribution in [3.63, 3.8) is 0 Å². The molecular formula is C15H21N3O2S. The quantitative estimate of drug-likeness (QED) is 0.844. The minimum Gasteiger partial charge on any atom is -0.506 e. The van der Waals surface area contributed by atoms with Gasteiger partial charge in [-0.3, -0.25) is 4.79 Å². The molecule has 1 amide bonds. The summed E-state index contributed by atoms with van der Waals surface area (Å²) in [7, 11) is 0. The van der Waals surface area contributed by atoms with Crippen LogP contribution < -0.4 is 10.2 Å². The maximum Gasteiger partial charge on any atom is 0.240 e. The molecule has 114 valence electrons. The van der Waals surface area contributed by atoms with E-state index in [1.807, 2.05) is 34.9 Å². The fourth-order valence-corrected chi connectivity index (χ4v) is 3.77. The highest BCUT2D eigenvalue weighted by molar-refractivity contribution is 7.99. The van der Waals surface area contributed by atoms with E-state index in [1.165, 1.54) is 0 Å². The molecule has 3 rings (SSSR count). The minimum absolute atomic E-state index is 0.0274. The molecular weight excluding hydrogens is 286 g/mol. The lowest BCUT2D eigenvalue weighted by Crippen LogP contribution is -2.56. The van der Waals surface area contributed by atoms with E-state index in [9.17, 15) is 9.90 Å². The van der Waals surface area contributed by atoms with E-state index in [4.69, 9.17) is 0 Å². The molecule has 0 aliphatic carbocycles. The molecule has 2 N–H and O–H groups in total. The van der Waals surface area contributed by atoms with Gasteiger partial charge in [0, 0.05) is 44.2 Å². The first-order valence-corrected chi connectivity index (χ1v) is 8.54. The Labute approximate surface area is 129 Å². The zero-order chi connectivity index (χ0) is 14.7. The van der Waals surface area contributed by atoms with Gasteiger partial charge in [-0.25, -0.2) is 0 Å². The third-order valence-electron chi connectivity index (χ3n) is 4.03. The average molecular weight is 307 g/mol. The average Bonchev–Trinajstić information content (AvgIpc) is 2.56. The number of carbonyl (C=O) groups excluding carboxylic acids is 1. The molecule has 2 heterocycles. The molecule has 2 aliphatic heterocycles. The maximum absolute atomic E-state index is 12.4. The minimum atomic E-state index is -0.0274. The molecule has 2 saturated heterocycles. The Balaban J connectivity index is 1.57. The van der Waals surface area contributed by atoms with Crippen molar-refractivity contribution in [3.05, 3.63) is 24.3 Å². The summed E-state index contributed by atoms with van der Waals surface area (Å²) in [6.45, 7) is 3.89.